The first kappa shape index (κ1) is 9.79. The summed E-state index contributed by atoms with van der Waals surface area (Å²) in [5, 5.41) is 3.24. The number of nitrogen functional groups attached to an aromatic ring is 1. The normalized spacial score (nSPS) is 10.2. The van der Waals surface area contributed by atoms with Crippen LogP contribution < -0.4 is 11.1 Å². The molecule has 2 aromatic heterocycles. The van der Waals surface area contributed by atoms with Crippen molar-refractivity contribution in [3.63, 3.8) is 0 Å². The average molecular weight is 225 g/mol. The lowest BCUT2D eigenvalue weighted by atomic mass is 10.4. The zero-order valence-electron chi connectivity index (χ0n) is 7.77. The lowest BCUT2D eigenvalue weighted by molar-refractivity contribution is 0.518. The van der Waals surface area contributed by atoms with E-state index in [0.29, 0.717) is 18.1 Å². The fraction of sp³-hybridized carbons (Fsp3) is 0.111. The molecular weight excluding hydrogens is 216 g/mol. The largest absolute Gasteiger partial charge is 0.467 e. The molecule has 0 saturated heterocycles. The number of furan rings is 1. The first-order valence-electron chi connectivity index (χ1n) is 4.29. The summed E-state index contributed by atoms with van der Waals surface area (Å²) in [5.74, 6) is 1.30. The van der Waals surface area contributed by atoms with Crippen molar-refractivity contribution in [3.8, 4) is 0 Å². The zero-order chi connectivity index (χ0) is 10.7. The number of hydrogen-bond donors (Lipinski definition) is 2. The Balaban J connectivity index is 2.08. The summed E-state index contributed by atoms with van der Waals surface area (Å²) < 4.78 is 5.15. The second-order valence-electron chi connectivity index (χ2n) is 2.86. The number of aromatic nitrogens is 2. The third kappa shape index (κ3) is 2.19. The van der Waals surface area contributed by atoms with E-state index in [1.54, 1.807) is 6.26 Å². The predicted octanol–water partition coefficient (Wildman–Crippen LogP) is 1.92. The average Bonchev–Trinajstić information content (AvgIpc) is 2.73. The van der Waals surface area contributed by atoms with Gasteiger partial charge in [0.25, 0.3) is 0 Å². The molecule has 0 saturated carbocycles. The Bertz CT molecular complexity index is 443. The summed E-state index contributed by atoms with van der Waals surface area (Å²) in [4.78, 5) is 7.72. The van der Waals surface area contributed by atoms with E-state index in [-0.39, 0.29) is 5.15 Å². The van der Waals surface area contributed by atoms with E-state index in [4.69, 9.17) is 21.8 Å². The summed E-state index contributed by atoms with van der Waals surface area (Å²) in [6.45, 7) is 0.505. The molecule has 2 rings (SSSR count). The van der Waals surface area contributed by atoms with Gasteiger partial charge in [0.05, 0.1) is 12.8 Å². The molecule has 6 heteroatoms. The number of halogens is 1. The predicted molar refractivity (Wildman–Crippen MR) is 57.5 cm³/mol. The van der Waals surface area contributed by atoms with Crippen molar-refractivity contribution >= 4 is 23.1 Å². The molecule has 0 aromatic carbocycles. The zero-order valence-corrected chi connectivity index (χ0v) is 8.53. The standard InChI is InChI=1S/C9H9ClN4O/c10-8-7(11)9(14-5-13-8)12-4-6-2-1-3-15-6/h1-3,5H,4,11H2,(H,12,13,14). The molecule has 15 heavy (non-hydrogen) atoms. The highest BCUT2D eigenvalue weighted by atomic mass is 35.5. The molecule has 0 aliphatic heterocycles. The van der Waals surface area contributed by atoms with Gasteiger partial charge in [0.1, 0.15) is 17.8 Å². The maximum atomic E-state index is 5.73. The van der Waals surface area contributed by atoms with Crippen molar-refractivity contribution in [1.29, 1.82) is 0 Å². The molecule has 78 valence electrons. The lowest BCUT2D eigenvalue weighted by Gasteiger charge is -2.06. The SMILES string of the molecule is Nc1c(Cl)ncnc1NCc1ccco1. The minimum Gasteiger partial charge on any atom is -0.467 e. The van der Waals surface area contributed by atoms with E-state index in [1.165, 1.54) is 6.33 Å². The van der Waals surface area contributed by atoms with Gasteiger partial charge in [-0.15, -0.1) is 0 Å². The molecular formula is C9H9ClN4O. The molecule has 0 bridgehead atoms. The third-order valence-electron chi connectivity index (χ3n) is 1.85. The van der Waals surface area contributed by atoms with Crippen molar-refractivity contribution in [2.24, 2.45) is 0 Å². The number of nitrogens with zero attached hydrogens (tertiary/aromatic N) is 2. The Kier molecular flexibility index (Phi) is 2.73. The number of hydrogen-bond acceptors (Lipinski definition) is 5. The summed E-state index contributed by atoms with van der Waals surface area (Å²) in [7, 11) is 0. The monoisotopic (exact) mass is 224 g/mol. The van der Waals surface area contributed by atoms with Crippen LogP contribution in [0.15, 0.2) is 29.1 Å². The van der Waals surface area contributed by atoms with Crippen molar-refractivity contribution in [3.05, 3.63) is 35.6 Å². The van der Waals surface area contributed by atoms with E-state index in [9.17, 15) is 0 Å². The summed E-state index contributed by atoms with van der Waals surface area (Å²) >= 11 is 5.73. The summed E-state index contributed by atoms with van der Waals surface area (Å²) in [6, 6.07) is 3.67. The molecule has 0 atom stereocenters. The van der Waals surface area contributed by atoms with Crippen LogP contribution in [0.5, 0.6) is 0 Å². The Labute approximate surface area is 91.3 Å². The fourth-order valence-electron chi connectivity index (χ4n) is 1.10. The van der Waals surface area contributed by atoms with E-state index >= 15 is 0 Å². The molecule has 0 fully saturated rings. The molecule has 2 heterocycles. The van der Waals surface area contributed by atoms with Crippen molar-refractivity contribution in [2.45, 2.75) is 6.54 Å². The molecule has 0 spiro atoms. The number of nitrogens with one attached hydrogen (secondary N) is 1. The molecule has 0 amide bonds. The number of rotatable bonds is 3. The lowest BCUT2D eigenvalue weighted by Crippen LogP contribution is -2.05. The van der Waals surface area contributed by atoms with Crippen molar-refractivity contribution < 1.29 is 4.42 Å². The highest BCUT2D eigenvalue weighted by Gasteiger charge is 2.05. The molecule has 5 nitrogen and oxygen atoms in total. The van der Waals surface area contributed by atoms with E-state index < -0.39 is 0 Å². The minimum atomic E-state index is 0.243. The van der Waals surface area contributed by atoms with Gasteiger partial charge in [0.15, 0.2) is 11.0 Å². The van der Waals surface area contributed by atoms with Gasteiger partial charge in [-0.3, -0.25) is 0 Å². The highest BCUT2D eigenvalue weighted by molar-refractivity contribution is 6.32. The van der Waals surface area contributed by atoms with E-state index in [2.05, 4.69) is 15.3 Å². The Morgan fingerprint density at radius 1 is 1.47 bits per heavy atom. The Morgan fingerprint density at radius 3 is 3.07 bits per heavy atom. The van der Waals surface area contributed by atoms with Crippen LogP contribution in [-0.2, 0) is 6.54 Å². The van der Waals surface area contributed by atoms with Crippen LogP contribution in [0.1, 0.15) is 5.76 Å². The Hall–Kier alpha value is -1.75. The fourth-order valence-corrected chi connectivity index (χ4v) is 1.23. The second-order valence-corrected chi connectivity index (χ2v) is 3.22. The number of anilines is 2. The molecule has 0 radical (unpaired) electrons. The first-order valence-corrected chi connectivity index (χ1v) is 4.67. The van der Waals surface area contributed by atoms with Gasteiger partial charge in [-0.25, -0.2) is 9.97 Å². The van der Waals surface area contributed by atoms with Crippen LogP contribution in [0.25, 0.3) is 0 Å². The summed E-state index contributed by atoms with van der Waals surface area (Å²) in [5.41, 5.74) is 6.01. The minimum absolute atomic E-state index is 0.243. The molecule has 0 aliphatic rings. The quantitative estimate of drug-likeness (QED) is 0.779. The van der Waals surface area contributed by atoms with Crippen molar-refractivity contribution in [1.82, 2.24) is 9.97 Å². The van der Waals surface area contributed by atoms with Crippen LogP contribution in [0.4, 0.5) is 11.5 Å². The molecule has 3 N–H and O–H groups in total. The van der Waals surface area contributed by atoms with Gasteiger partial charge in [-0.2, -0.15) is 0 Å². The van der Waals surface area contributed by atoms with E-state index in [1.807, 2.05) is 12.1 Å². The maximum Gasteiger partial charge on any atom is 0.157 e. The van der Waals surface area contributed by atoms with Gasteiger partial charge in [-0.05, 0) is 12.1 Å². The van der Waals surface area contributed by atoms with Gasteiger partial charge in [0.2, 0.25) is 0 Å². The number of nitrogens with two attached hydrogens (primary N) is 1. The van der Waals surface area contributed by atoms with Crippen LogP contribution in [0.2, 0.25) is 5.15 Å². The van der Waals surface area contributed by atoms with Crippen LogP contribution >= 0.6 is 11.6 Å². The molecule has 0 unspecified atom stereocenters. The van der Waals surface area contributed by atoms with Gasteiger partial charge in [-0.1, -0.05) is 11.6 Å². The molecule has 2 aromatic rings. The van der Waals surface area contributed by atoms with Crippen molar-refractivity contribution in [2.75, 3.05) is 11.1 Å². The maximum absolute atomic E-state index is 5.73. The smallest absolute Gasteiger partial charge is 0.157 e. The van der Waals surface area contributed by atoms with Crippen LogP contribution in [0.3, 0.4) is 0 Å². The highest BCUT2D eigenvalue weighted by Crippen LogP contribution is 2.22. The second kappa shape index (κ2) is 4.18. The van der Waals surface area contributed by atoms with Gasteiger partial charge < -0.3 is 15.5 Å². The van der Waals surface area contributed by atoms with Gasteiger partial charge >= 0.3 is 0 Å². The first-order chi connectivity index (χ1) is 7.27. The summed E-state index contributed by atoms with van der Waals surface area (Å²) in [6.07, 6.45) is 2.95. The topological polar surface area (TPSA) is 77.0 Å². The Morgan fingerprint density at radius 2 is 2.33 bits per heavy atom. The van der Waals surface area contributed by atoms with E-state index in [0.717, 1.165) is 5.76 Å². The molecule has 0 aliphatic carbocycles. The van der Waals surface area contributed by atoms with Crippen LogP contribution in [-0.4, -0.2) is 9.97 Å². The van der Waals surface area contributed by atoms with Gasteiger partial charge in [0, 0.05) is 0 Å². The van der Waals surface area contributed by atoms with Crippen LogP contribution in [0, 0.1) is 0 Å². The third-order valence-corrected chi connectivity index (χ3v) is 2.15.